The second-order valence-corrected chi connectivity index (χ2v) is 10.5. The maximum atomic E-state index is 4.77. The fraction of sp³-hybridized carbons (Fsp3) is 0.556. The van der Waals surface area contributed by atoms with Gasteiger partial charge >= 0.3 is 0 Å². The van der Waals surface area contributed by atoms with Gasteiger partial charge in [-0.15, -0.1) is 5.73 Å². The van der Waals surface area contributed by atoms with Crippen molar-refractivity contribution in [3.05, 3.63) is 41.6 Å². The van der Waals surface area contributed by atoms with E-state index in [-0.39, 0.29) is 5.41 Å². The van der Waals surface area contributed by atoms with Crippen LogP contribution >= 0.6 is 0 Å². The van der Waals surface area contributed by atoms with E-state index >= 15 is 0 Å². The molecule has 8 heteroatoms. The zero-order valence-corrected chi connectivity index (χ0v) is 22.3. The Morgan fingerprint density at radius 2 is 2.00 bits per heavy atom. The van der Waals surface area contributed by atoms with Crippen LogP contribution in [0, 0.1) is 12.3 Å². The van der Waals surface area contributed by atoms with Crippen LogP contribution in [0.15, 0.2) is 30.5 Å². The summed E-state index contributed by atoms with van der Waals surface area (Å²) in [7, 11) is 2.03. The maximum Gasteiger partial charge on any atom is 0.233 e. The summed E-state index contributed by atoms with van der Waals surface area (Å²) in [6, 6.07) is 6.58. The molecule has 2 aromatic rings. The molecule has 0 aliphatic carbocycles. The minimum atomic E-state index is 0.112. The summed E-state index contributed by atoms with van der Waals surface area (Å²) >= 11 is 0. The normalized spacial score (nSPS) is 15.4. The Labute approximate surface area is 210 Å². The molecular formula is C27H42N8. The number of anilines is 4. The molecule has 1 atom stereocenters. The van der Waals surface area contributed by atoms with E-state index in [1.807, 2.05) is 7.05 Å². The number of benzene rings is 1. The number of aromatic nitrogens is 3. The molecule has 8 nitrogen and oxygen atoms in total. The Morgan fingerprint density at radius 1 is 1.23 bits per heavy atom. The van der Waals surface area contributed by atoms with Gasteiger partial charge in [-0.25, -0.2) is 0 Å². The highest BCUT2D eigenvalue weighted by Gasteiger charge is 2.20. The molecule has 190 valence electrons. The first-order valence-electron chi connectivity index (χ1n) is 12.6. The summed E-state index contributed by atoms with van der Waals surface area (Å²) in [5.41, 5.74) is 7.13. The highest BCUT2D eigenvalue weighted by atomic mass is 15.3. The van der Waals surface area contributed by atoms with Crippen molar-refractivity contribution < 1.29 is 0 Å². The Morgan fingerprint density at radius 3 is 2.66 bits per heavy atom. The minimum absolute atomic E-state index is 0.112. The maximum absolute atomic E-state index is 4.77. The van der Waals surface area contributed by atoms with Crippen LogP contribution in [0.5, 0.6) is 0 Å². The van der Waals surface area contributed by atoms with Gasteiger partial charge in [0.25, 0.3) is 0 Å². The summed E-state index contributed by atoms with van der Waals surface area (Å²) in [6.07, 6.45) is 3.28. The Bertz CT molecular complexity index is 1030. The second kappa shape index (κ2) is 12.0. The lowest BCUT2D eigenvalue weighted by Crippen LogP contribution is -2.31. The van der Waals surface area contributed by atoms with Gasteiger partial charge in [0.1, 0.15) is 0 Å². The van der Waals surface area contributed by atoms with Gasteiger partial charge in [-0.1, -0.05) is 52.8 Å². The summed E-state index contributed by atoms with van der Waals surface area (Å²) < 4.78 is 0. The third kappa shape index (κ3) is 7.98. The van der Waals surface area contributed by atoms with Crippen LogP contribution in [0.2, 0.25) is 0 Å². The minimum Gasteiger partial charge on any atom is -0.378 e. The van der Waals surface area contributed by atoms with Crippen LogP contribution in [-0.4, -0.2) is 54.2 Å². The topological polar surface area (TPSA) is 90.0 Å². The van der Waals surface area contributed by atoms with Gasteiger partial charge in [-0.05, 0) is 43.4 Å². The van der Waals surface area contributed by atoms with Gasteiger partial charge < -0.3 is 26.2 Å². The molecule has 0 unspecified atom stereocenters. The van der Waals surface area contributed by atoms with E-state index in [4.69, 9.17) is 15.0 Å². The molecule has 1 fully saturated rings. The molecule has 1 aliphatic rings. The van der Waals surface area contributed by atoms with Gasteiger partial charge in [-0.3, -0.25) is 0 Å². The molecule has 2 heterocycles. The van der Waals surface area contributed by atoms with Crippen LogP contribution in [0.25, 0.3) is 5.70 Å². The smallest absolute Gasteiger partial charge is 0.233 e. The van der Waals surface area contributed by atoms with E-state index in [1.165, 1.54) is 0 Å². The third-order valence-electron chi connectivity index (χ3n) is 5.85. The van der Waals surface area contributed by atoms with Crippen LogP contribution in [0.3, 0.4) is 0 Å². The molecule has 4 N–H and O–H groups in total. The monoisotopic (exact) mass is 478 g/mol. The van der Waals surface area contributed by atoms with Gasteiger partial charge in [-0.2, -0.15) is 15.0 Å². The van der Waals surface area contributed by atoms with Crippen molar-refractivity contribution in [2.45, 2.75) is 59.9 Å². The fourth-order valence-corrected chi connectivity index (χ4v) is 4.09. The zero-order valence-electron chi connectivity index (χ0n) is 22.3. The number of nitrogens with one attached hydrogen (secondary N) is 4. The lowest BCUT2D eigenvalue weighted by molar-refractivity contribution is 0.416. The molecule has 0 spiro atoms. The highest BCUT2D eigenvalue weighted by molar-refractivity contribution is 5.70. The van der Waals surface area contributed by atoms with Gasteiger partial charge in [0.15, 0.2) is 0 Å². The van der Waals surface area contributed by atoms with Crippen molar-refractivity contribution in [2.24, 2.45) is 5.41 Å². The molecule has 0 amide bonds. The van der Waals surface area contributed by atoms with Crippen LogP contribution in [0.4, 0.5) is 23.5 Å². The molecule has 1 saturated heterocycles. The lowest BCUT2D eigenvalue weighted by Gasteiger charge is -2.27. The van der Waals surface area contributed by atoms with E-state index < -0.39 is 0 Å². The molecule has 0 saturated carbocycles. The third-order valence-corrected chi connectivity index (χ3v) is 5.85. The zero-order chi connectivity index (χ0) is 25.4. The Balaban J connectivity index is 1.90. The summed E-state index contributed by atoms with van der Waals surface area (Å²) in [4.78, 5) is 16.3. The lowest BCUT2D eigenvalue weighted by atomic mass is 9.96. The number of hydrogen-bond donors (Lipinski definition) is 4. The second-order valence-electron chi connectivity index (χ2n) is 10.5. The number of unbranched alkanes of at least 4 members (excludes halogenated alkanes) is 1. The number of rotatable bonds is 11. The average Bonchev–Trinajstić information content (AvgIpc) is 3.30. The molecule has 0 radical (unpaired) electrons. The molecule has 1 aliphatic heterocycles. The van der Waals surface area contributed by atoms with Gasteiger partial charge in [0, 0.05) is 44.0 Å². The van der Waals surface area contributed by atoms with Crippen molar-refractivity contribution in [3.63, 3.8) is 0 Å². The summed E-state index contributed by atoms with van der Waals surface area (Å²) in [5.74, 6) is 1.76. The first-order chi connectivity index (χ1) is 16.7. The van der Waals surface area contributed by atoms with E-state index in [0.29, 0.717) is 23.9 Å². The molecule has 3 rings (SSSR count). The van der Waals surface area contributed by atoms with Crippen LogP contribution < -0.4 is 26.2 Å². The number of aryl methyl sites for hydroxylation is 1. The van der Waals surface area contributed by atoms with Crippen molar-refractivity contribution in [2.75, 3.05) is 48.8 Å². The highest BCUT2D eigenvalue weighted by Crippen LogP contribution is 2.25. The molecule has 1 aromatic heterocycles. The molecule has 0 bridgehead atoms. The van der Waals surface area contributed by atoms with E-state index in [1.54, 1.807) is 0 Å². The Kier molecular flexibility index (Phi) is 9.13. The van der Waals surface area contributed by atoms with Gasteiger partial charge in [0.05, 0.1) is 5.70 Å². The predicted molar refractivity (Wildman–Crippen MR) is 147 cm³/mol. The van der Waals surface area contributed by atoms with Crippen LogP contribution in [-0.2, 0) is 0 Å². The molecule has 1 aromatic carbocycles. The first kappa shape index (κ1) is 26.5. The van der Waals surface area contributed by atoms with Crippen molar-refractivity contribution in [1.29, 1.82) is 0 Å². The van der Waals surface area contributed by atoms with Crippen molar-refractivity contribution in [3.8, 4) is 0 Å². The molecule has 35 heavy (non-hydrogen) atoms. The van der Waals surface area contributed by atoms with Crippen molar-refractivity contribution >= 4 is 29.2 Å². The van der Waals surface area contributed by atoms with Gasteiger partial charge in [0.2, 0.25) is 17.8 Å². The number of hydrogen-bond acceptors (Lipinski definition) is 8. The predicted octanol–water partition coefficient (Wildman–Crippen LogP) is 4.70. The standard InChI is InChI=1S/C27H42N8/c1-8-10-14-29-22(9-2)20-12-11-19(3)23(16-20)31-25-32-24(30-21-13-15-28-17-21)33-26(34-25)35(7)18-27(4,5)6/h11-12,16,21,28-29H,2,8,10,13-15,17-18H2,1,3-7H3,(H2,30,31,32,33,34)/t21-/m1/s1. The summed E-state index contributed by atoms with van der Waals surface area (Å²) in [5, 5.41) is 13.8. The van der Waals surface area contributed by atoms with E-state index in [9.17, 15) is 0 Å². The largest absolute Gasteiger partial charge is 0.378 e. The quantitative estimate of drug-likeness (QED) is 0.273. The summed E-state index contributed by atoms with van der Waals surface area (Å²) in [6.45, 7) is 18.4. The fourth-order valence-electron chi connectivity index (χ4n) is 4.09. The van der Waals surface area contributed by atoms with Crippen molar-refractivity contribution in [1.82, 2.24) is 25.6 Å². The number of nitrogens with zero attached hydrogens (tertiary/aromatic N) is 4. The Hall–Kier alpha value is -3.09. The molecular weight excluding hydrogens is 436 g/mol. The van der Waals surface area contributed by atoms with E-state index in [0.717, 1.165) is 68.0 Å². The SMILES string of the molecule is C=C=C(NCCCC)c1ccc(C)c(Nc2nc(N[C@@H]3CCNC3)nc(N(C)CC(C)(C)C)n2)c1. The van der Waals surface area contributed by atoms with Crippen LogP contribution in [0.1, 0.15) is 58.1 Å². The average molecular weight is 479 g/mol. The first-order valence-corrected chi connectivity index (χ1v) is 12.6. The van der Waals surface area contributed by atoms with E-state index in [2.05, 4.69) is 91.3 Å².